The molecule has 0 aliphatic rings. The van der Waals surface area contributed by atoms with Gasteiger partial charge in [0.2, 0.25) is 0 Å². The first kappa shape index (κ1) is 21.1. The highest BCUT2D eigenvalue weighted by Gasteiger charge is 2.10. The third-order valence-electron chi connectivity index (χ3n) is 4.76. The molecule has 152 valence electrons. The van der Waals surface area contributed by atoms with Crippen molar-refractivity contribution < 1.29 is 9.59 Å². The van der Waals surface area contributed by atoms with Crippen molar-refractivity contribution in [3.8, 4) is 0 Å². The highest BCUT2D eigenvalue weighted by atomic mass is 16.2. The van der Waals surface area contributed by atoms with Gasteiger partial charge in [0.15, 0.2) is 0 Å². The minimum absolute atomic E-state index is 0.387. The summed E-state index contributed by atoms with van der Waals surface area (Å²) in [5, 5.41) is 12.8. The van der Waals surface area contributed by atoms with Crippen molar-refractivity contribution >= 4 is 72.2 Å². The van der Waals surface area contributed by atoms with Crippen molar-refractivity contribution in [1.82, 2.24) is 0 Å². The molecule has 0 aliphatic carbocycles. The van der Waals surface area contributed by atoms with E-state index in [9.17, 15) is 9.59 Å². The number of hydrogen-bond acceptors (Lipinski definition) is 2. The summed E-state index contributed by atoms with van der Waals surface area (Å²) in [4.78, 5) is 24.9. The standard InChI is InChI=1S/C24H18B2N4O2/c25-15-7-11-17(12-8-15)27-23(31)29-21-5-1-3-19-20(21)4-2-6-22(19)30-24(32)28-18-13-9-16(26)10-14-18/h1-14H,(H2,27,29,31)(H2,28,30,32). The van der Waals surface area contributed by atoms with Gasteiger partial charge in [-0.05, 0) is 36.4 Å². The van der Waals surface area contributed by atoms with Crippen molar-refractivity contribution in [2.24, 2.45) is 0 Å². The van der Waals surface area contributed by atoms with Gasteiger partial charge < -0.3 is 21.3 Å². The second kappa shape index (κ2) is 9.31. The van der Waals surface area contributed by atoms with Crippen molar-refractivity contribution in [3.63, 3.8) is 0 Å². The number of urea groups is 2. The quantitative estimate of drug-likeness (QED) is 0.383. The van der Waals surface area contributed by atoms with Crippen LogP contribution in [0.25, 0.3) is 10.8 Å². The Morgan fingerprint density at radius 1 is 0.500 bits per heavy atom. The van der Waals surface area contributed by atoms with Gasteiger partial charge in [0.05, 0.1) is 11.4 Å². The SMILES string of the molecule is [B]c1ccc(NC(=O)Nc2cccc3c(NC(=O)Nc4ccc([B])cc4)cccc23)cc1. The molecule has 0 fully saturated rings. The summed E-state index contributed by atoms with van der Waals surface area (Å²) in [6.07, 6.45) is 0. The lowest BCUT2D eigenvalue weighted by Crippen LogP contribution is -2.20. The fraction of sp³-hybridized carbons (Fsp3) is 0. The molecule has 0 atom stereocenters. The van der Waals surface area contributed by atoms with Crippen LogP contribution in [-0.4, -0.2) is 27.8 Å². The molecule has 4 rings (SSSR count). The van der Waals surface area contributed by atoms with Gasteiger partial charge in [-0.2, -0.15) is 0 Å². The van der Waals surface area contributed by atoms with Crippen LogP contribution in [-0.2, 0) is 0 Å². The normalized spacial score (nSPS) is 10.4. The number of amides is 4. The molecule has 0 saturated heterocycles. The van der Waals surface area contributed by atoms with Gasteiger partial charge in [-0.1, -0.05) is 59.5 Å². The lowest BCUT2D eigenvalue weighted by atomic mass is 9.96. The number of carbonyl (C=O) groups excluding carboxylic acids is 2. The first-order valence-corrected chi connectivity index (χ1v) is 9.87. The molecule has 0 spiro atoms. The van der Waals surface area contributed by atoms with Crippen LogP contribution in [0.15, 0.2) is 84.9 Å². The van der Waals surface area contributed by atoms with Crippen molar-refractivity contribution in [2.45, 2.75) is 0 Å². The van der Waals surface area contributed by atoms with E-state index in [2.05, 4.69) is 21.3 Å². The van der Waals surface area contributed by atoms with E-state index in [1.165, 1.54) is 0 Å². The largest absolute Gasteiger partial charge is 0.323 e. The third-order valence-corrected chi connectivity index (χ3v) is 4.76. The van der Waals surface area contributed by atoms with Gasteiger partial charge in [0, 0.05) is 22.1 Å². The fourth-order valence-electron chi connectivity index (χ4n) is 3.23. The molecule has 0 saturated carbocycles. The van der Waals surface area contributed by atoms with E-state index in [1.54, 1.807) is 60.7 Å². The lowest BCUT2D eigenvalue weighted by molar-refractivity contribution is 0.261. The Hall–Kier alpha value is -4.19. The fourth-order valence-corrected chi connectivity index (χ4v) is 3.23. The van der Waals surface area contributed by atoms with E-state index in [1.807, 2.05) is 24.3 Å². The van der Waals surface area contributed by atoms with Crippen LogP contribution in [0.2, 0.25) is 0 Å². The maximum Gasteiger partial charge on any atom is 0.323 e. The van der Waals surface area contributed by atoms with Crippen LogP contribution in [0.1, 0.15) is 0 Å². The van der Waals surface area contributed by atoms with Crippen molar-refractivity contribution in [2.75, 3.05) is 21.3 Å². The molecule has 4 radical (unpaired) electrons. The van der Waals surface area contributed by atoms with Crippen molar-refractivity contribution in [3.05, 3.63) is 84.9 Å². The molecule has 32 heavy (non-hydrogen) atoms. The Morgan fingerprint density at radius 3 is 1.25 bits per heavy atom. The zero-order valence-electron chi connectivity index (χ0n) is 17.1. The van der Waals surface area contributed by atoms with E-state index >= 15 is 0 Å². The predicted octanol–water partition coefficient (Wildman–Crippen LogP) is 3.72. The molecular formula is C24H18B2N4O2. The van der Waals surface area contributed by atoms with Gasteiger partial charge in [-0.15, -0.1) is 0 Å². The monoisotopic (exact) mass is 416 g/mol. The van der Waals surface area contributed by atoms with Gasteiger partial charge in [-0.3, -0.25) is 0 Å². The Balaban J connectivity index is 1.50. The molecule has 0 aromatic heterocycles. The number of fused-ring (bicyclic) bond motifs is 1. The van der Waals surface area contributed by atoms with Crippen LogP contribution in [0.5, 0.6) is 0 Å². The molecule has 0 bridgehead atoms. The number of hydrogen-bond donors (Lipinski definition) is 4. The maximum absolute atomic E-state index is 12.5. The second-order valence-electron chi connectivity index (χ2n) is 7.11. The van der Waals surface area contributed by atoms with Crippen LogP contribution in [0.4, 0.5) is 32.3 Å². The summed E-state index contributed by atoms with van der Waals surface area (Å²) in [6.45, 7) is 0. The summed E-state index contributed by atoms with van der Waals surface area (Å²) >= 11 is 0. The molecule has 8 heteroatoms. The average molecular weight is 416 g/mol. The first-order valence-electron chi connectivity index (χ1n) is 9.87. The topological polar surface area (TPSA) is 82.3 Å². The predicted molar refractivity (Wildman–Crippen MR) is 133 cm³/mol. The van der Waals surface area contributed by atoms with Gasteiger partial charge >= 0.3 is 12.1 Å². The van der Waals surface area contributed by atoms with Crippen LogP contribution in [0.3, 0.4) is 0 Å². The van der Waals surface area contributed by atoms with E-state index in [-0.39, 0.29) is 12.1 Å². The van der Waals surface area contributed by atoms with Crippen LogP contribution >= 0.6 is 0 Å². The smallest absolute Gasteiger partial charge is 0.308 e. The number of nitrogens with one attached hydrogen (secondary N) is 4. The van der Waals surface area contributed by atoms with Crippen LogP contribution in [0, 0.1) is 0 Å². The Kier molecular flexibility index (Phi) is 6.12. The number of anilines is 4. The summed E-state index contributed by atoms with van der Waals surface area (Å²) in [5.41, 5.74) is 3.70. The summed E-state index contributed by atoms with van der Waals surface area (Å²) in [7, 11) is 11.3. The van der Waals surface area contributed by atoms with E-state index in [0.29, 0.717) is 33.7 Å². The molecule has 4 amide bonds. The lowest BCUT2D eigenvalue weighted by Gasteiger charge is -2.14. The second-order valence-corrected chi connectivity index (χ2v) is 7.11. The molecule has 4 aromatic rings. The number of carbonyl (C=O) groups is 2. The maximum atomic E-state index is 12.5. The summed E-state index contributed by atoms with van der Waals surface area (Å²) < 4.78 is 0. The Labute approximate surface area is 188 Å². The molecule has 0 heterocycles. The molecule has 0 unspecified atom stereocenters. The van der Waals surface area contributed by atoms with E-state index in [4.69, 9.17) is 15.7 Å². The minimum Gasteiger partial charge on any atom is -0.308 e. The first-order chi connectivity index (χ1) is 15.5. The van der Waals surface area contributed by atoms with E-state index in [0.717, 1.165) is 10.8 Å². The highest BCUT2D eigenvalue weighted by molar-refractivity contribution is 6.32. The molecule has 4 aromatic carbocycles. The third kappa shape index (κ3) is 5.10. The zero-order valence-corrected chi connectivity index (χ0v) is 17.1. The van der Waals surface area contributed by atoms with E-state index < -0.39 is 0 Å². The summed E-state index contributed by atoms with van der Waals surface area (Å²) in [5.74, 6) is 0. The molecule has 0 aliphatic heterocycles. The van der Waals surface area contributed by atoms with Crippen LogP contribution < -0.4 is 32.2 Å². The molecular weight excluding hydrogens is 398 g/mol. The number of rotatable bonds is 4. The Morgan fingerprint density at radius 2 is 0.875 bits per heavy atom. The molecule has 4 N–H and O–H groups in total. The average Bonchev–Trinajstić information content (AvgIpc) is 2.77. The number of benzene rings is 4. The van der Waals surface area contributed by atoms with Gasteiger partial charge in [-0.25, -0.2) is 9.59 Å². The molecule has 6 nitrogen and oxygen atoms in total. The van der Waals surface area contributed by atoms with Gasteiger partial charge in [0.1, 0.15) is 15.7 Å². The zero-order chi connectivity index (χ0) is 22.5. The summed E-state index contributed by atoms with van der Waals surface area (Å²) in [6, 6.07) is 23.9. The van der Waals surface area contributed by atoms with Crippen molar-refractivity contribution in [1.29, 1.82) is 0 Å². The minimum atomic E-state index is -0.387. The highest BCUT2D eigenvalue weighted by Crippen LogP contribution is 2.29. The Bertz CT molecular complexity index is 1170. The van der Waals surface area contributed by atoms with Gasteiger partial charge in [0.25, 0.3) is 0 Å².